The zero-order valence-electron chi connectivity index (χ0n) is 90.2. The van der Waals surface area contributed by atoms with Crippen LogP contribution in [0.5, 0.6) is 69.0 Å². The number of nitrogens with two attached hydrogens (primary N) is 3. The first-order valence-corrected chi connectivity index (χ1v) is 53.1. The predicted molar refractivity (Wildman–Crippen MR) is 589 cm³/mol. The average Bonchev–Trinajstić information content (AvgIpc) is 1.16. The number of allylic oxidation sites excluding steroid dienone is 2. The summed E-state index contributed by atoms with van der Waals surface area (Å²) in [6.07, 6.45) is 45.3. The molecule has 9 aromatic rings. The molecular weight excluding hydrogens is 1890 g/mol. The lowest BCUT2D eigenvalue weighted by Gasteiger charge is -2.32. The van der Waals surface area contributed by atoms with Crippen molar-refractivity contribution >= 4 is 77.6 Å². The number of methoxy groups -OCH3 is 12. The Morgan fingerprint density at radius 3 is 0.946 bits per heavy atom. The van der Waals surface area contributed by atoms with Crippen molar-refractivity contribution < 1.29 is 76.0 Å². The summed E-state index contributed by atoms with van der Waals surface area (Å²) >= 11 is 5.74. The molecule has 3 amide bonds. The second kappa shape index (κ2) is 62.8. The third-order valence-electron chi connectivity index (χ3n) is 28.1. The number of aryl methyl sites for hydroxylation is 3. The number of ketones is 1. The lowest BCUT2D eigenvalue weighted by Crippen LogP contribution is -2.30. The molecule has 148 heavy (non-hydrogen) atoms. The molecule has 2 unspecified atom stereocenters. The average molecular weight is 2060 g/mol. The number of carbonyl (C=O) groups excluding carboxylic acids is 4. The van der Waals surface area contributed by atoms with Crippen LogP contribution in [0.2, 0.25) is 0 Å². The van der Waals surface area contributed by atoms with Crippen molar-refractivity contribution in [3.63, 3.8) is 0 Å². The standard InChI is InChI=1S/3C19H26N4O2.C15H21NO3.C15H19NO3.C15H22O2.C7H10ClNO.C7H12O/c3*1-13-11-18(22-19(20)21-13)23-10-6-4-5-7-16(23)15-12-14(24-2)8-9-17(15)25-3;2*1-18-12-7-8-15(19-2)13(10-12)14-6-4-3-5-9-16(14)11-17;1-16-13-9-10-15(17-2)14(11-13)12-7-5-3-4-6-8-12;8-7-4-2-1-3-5-9(7)6-10;8-7-5-3-1-2-4-6-7/h3*8-9,11-12,16H,4-7,10H2,1-3H3,(H2,20,21,22);7-8,10-11,14H,3-6,9H2,1-2H3;6-8,10-11H,3-5,9H2,1-2H3;9-12H,3-8H2,1-2H3;4,6H,1-3,5H2;1-6H2/t2*16-;;;;;;/m10....../s1. The van der Waals surface area contributed by atoms with E-state index in [1.165, 1.54) is 107 Å². The number of ether oxygens (including phenoxy) is 12. The third-order valence-corrected chi connectivity index (χ3v) is 28.5. The van der Waals surface area contributed by atoms with Gasteiger partial charge in [0.1, 0.15) is 97.4 Å². The van der Waals surface area contributed by atoms with Gasteiger partial charge in [0.2, 0.25) is 37.1 Å². The molecule has 6 aromatic carbocycles. The number of aromatic nitrogens is 6. The van der Waals surface area contributed by atoms with Gasteiger partial charge in [-0.3, -0.25) is 19.2 Å². The maximum atomic E-state index is 11.3. The van der Waals surface area contributed by atoms with Crippen LogP contribution in [-0.4, -0.2) is 194 Å². The van der Waals surface area contributed by atoms with Gasteiger partial charge < -0.3 is 103 Å². The summed E-state index contributed by atoms with van der Waals surface area (Å²) < 4.78 is 65.4. The van der Waals surface area contributed by atoms with E-state index < -0.39 is 0 Å². The van der Waals surface area contributed by atoms with E-state index in [2.05, 4.69) is 74.9 Å². The van der Waals surface area contributed by atoms with Crippen molar-refractivity contribution in [3.05, 3.63) is 195 Å². The zero-order chi connectivity index (χ0) is 106. The van der Waals surface area contributed by atoms with E-state index in [1.54, 1.807) is 90.2 Å². The van der Waals surface area contributed by atoms with Gasteiger partial charge in [0.05, 0.1) is 115 Å². The number of rotatable bonds is 24. The van der Waals surface area contributed by atoms with Crippen molar-refractivity contribution in [3.8, 4) is 69.0 Å². The summed E-state index contributed by atoms with van der Waals surface area (Å²) in [6, 6.07) is 42.0. The van der Waals surface area contributed by atoms with E-state index >= 15 is 0 Å². The second-order valence-corrected chi connectivity index (χ2v) is 38.4. The number of halogens is 1. The summed E-state index contributed by atoms with van der Waals surface area (Å²) in [6.45, 7) is 11.0. The van der Waals surface area contributed by atoms with E-state index in [9.17, 15) is 19.2 Å². The van der Waals surface area contributed by atoms with Gasteiger partial charge >= 0.3 is 0 Å². The van der Waals surface area contributed by atoms with E-state index in [1.807, 2.05) is 135 Å². The molecule has 17 rings (SSSR count). The number of hydrogen-bond acceptors (Lipinski definition) is 28. The molecule has 3 aromatic heterocycles. The quantitative estimate of drug-likeness (QED) is 0.0287. The van der Waals surface area contributed by atoms with Gasteiger partial charge in [0, 0.05) is 121 Å². The number of likely N-dealkylation sites (tertiary alicyclic amines) is 1. The molecule has 4 saturated heterocycles. The highest BCUT2D eigenvalue weighted by molar-refractivity contribution is 6.29. The fourth-order valence-corrected chi connectivity index (χ4v) is 20.6. The van der Waals surface area contributed by atoms with E-state index in [4.69, 9.17) is 85.6 Å². The van der Waals surface area contributed by atoms with Gasteiger partial charge in [-0.25, -0.2) is 15.0 Å². The number of carbonyl (C=O) groups is 4. The number of anilines is 6. The summed E-state index contributed by atoms with van der Waals surface area (Å²) in [7, 11) is 20.2. The van der Waals surface area contributed by atoms with Crippen molar-refractivity contribution in [2.24, 2.45) is 0 Å². The molecule has 0 spiro atoms. The van der Waals surface area contributed by atoms with Gasteiger partial charge in [-0.15, -0.1) is 0 Å². The highest BCUT2D eigenvalue weighted by Gasteiger charge is 2.33. The zero-order valence-corrected chi connectivity index (χ0v) is 90.9. The third kappa shape index (κ3) is 35.0. The molecule has 8 aliphatic rings. The minimum absolute atomic E-state index is 0.0880. The Hall–Kier alpha value is -13.2. The molecule has 6 aliphatic heterocycles. The lowest BCUT2D eigenvalue weighted by molar-refractivity contribution is -0.120. The lowest BCUT2D eigenvalue weighted by atomic mass is 9.91. The molecule has 0 radical (unpaired) electrons. The number of benzene rings is 6. The van der Waals surface area contributed by atoms with Crippen LogP contribution in [0, 0.1) is 20.8 Å². The van der Waals surface area contributed by atoms with Crippen LogP contribution in [0.25, 0.3) is 5.70 Å². The van der Waals surface area contributed by atoms with Gasteiger partial charge in [-0.2, -0.15) is 15.0 Å². The molecule has 9 heterocycles. The Morgan fingerprint density at radius 2 is 0.595 bits per heavy atom. The van der Waals surface area contributed by atoms with Crippen molar-refractivity contribution in [1.29, 1.82) is 0 Å². The fraction of sp³-hybridized carbons (Fsp3) is 0.517. The van der Waals surface area contributed by atoms with Gasteiger partial charge in [-0.05, 0) is 258 Å². The van der Waals surface area contributed by atoms with Crippen LogP contribution in [0.15, 0.2) is 145 Å². The molecule has 804 valence electrons. The molecular formula is C116H162ClN15O16. The highest BCUT2D eigenvalue weighted by atomic mass is 35.5. The number of nitrogens with zero attached hydrogens (tertiary/aromatic N) is 12. The maximum absolute atomic E-state index is 11.3. The van der Waals surface area contributed by atoms with Crippen LogP contribution in [0.3, 0.4) is 0 Å². The molecule has 2 aliphatic carbocycles. The summed E-state index contributed by atoms with van der Waals surface area (Å²) in [5.74, 6) is 14.9. The second-order valence-electron chi connectivity index (χ2n) is 38.0. The first-order chi connectivity index (χ1) is 72.0. The number of amides is 3. The Bertz CT molecular complexity index is 5280. The minimum atomic E-state index is 0.0880. The van der Waals surface area contributed by atoms with Gasteiger partial charge in [0.15, 0.2) is 0 Å². The Morgan fingerprint density at radius 1 is 0.297 bits per heavy atom. The smallest absolute Gasteiger partial charge is 0.222 e. The van der Waals surface area contributed by atoms with Crippen LogP contribution in [0.1, 0.15) is 299 Å². The number of nitrogen functional groups attached to an aromatic ring is 3. The van der Waals surface area contributed by atoms with E-state index in [-0.39, 0.29) is 24.2 Å². The summed E-state index contributed by atoms with van der Waals surface area (Å²) in [4.78, 5) is 81.8. The normalized spacial score (nSPS) is 18.1. The molecule has 6 N–H and O–H groups in total. The van der Waals surface area contributed by atoms with E-state index in [0.717, 1.165) is 318 Å². The molecule has 0 bridgehead atoms. The number of hydrogen-bond donors (Lipinski definition) is 3. The van der Waals surface area contributed by atoms with Crippen LogP contribution in [0.4, 0.5) is 35.3 Å². The SMILES string of the molecule is COc1ccc(OC)c(C2=CCCCCN2C=O)c1.COc1ccc(OC)c(C2CCCCCC2)c1.COc1ccc(OC)c(C2CCCCCN2C=O)c1.COc1ccc(OC)c(C2CCCCCN2c2cc(C)nc(N)n2)c1.COc1ccc(OC)c([C@@H]2CCCCCN2c2cc(C)nc(N)n2)c1.COc1ccc(OC)c([C@H]2CCCCCN2c2cc(C)nc(N)n2)c1.O=C1CCCCCC1.O=CN1CCCCC=C1Cl. The molecule has 31 nitrogen and oxygen atoms in total. The highest BCUT2D eigenvalue weighted by Crippen LogP contribution is 2.46. The molecule has 6 fully saturated rings. The first kappa shape index (κ1) is 117. The van der Waals surface area contributed by atoms with Crippen LogP contribution in [-0.2, 0) is 19.2 Å². The maximum Gasteiger partial charge on any atom is 0.222 e. The van der Waals surface area contributed by atoms with E-state index in [0.29, 0.717) is 34.7 Å². The van der Waals surface area contributed by atoms with Crippen molar-refractivity contribution in [2.45, 2.75) is 269 Å². The topological polar surface area (TPSA) is 354 Å². The predicted octanol–water partition coefficient (Wildman–Crippen LogP) is 23.7. The number of Topliss-reactive ketones (excluding diaryl/α,β-unsaturated/α-hetero) is 1. The monoisotopic (exact) mass is 2060 g/mol. The largest absolute Gasteiger partial charge is 0.497 e. The Balaban J connectivity index is 0.000000176. The summed E-state index contributed by atoms with van der Waals surface area (Å²) in [5, 5.41) is 0.576. The van der Waals surface area contributed by atoms with Gasteiger partial charge in [-0.1, -0.05) is 108 Å². The van der Waals surface area contributed by atoms with Crippen LogP contribution < -0.4 is 88.7 Å². The van der Waals surface area contributed by atoms with Gasteiger partial charge in [0.25, 0.3) is 0 Å². The fourth-order valence-electron chi connectivity index (χ4n) is 20.4. The molecule has 2 saturated carbocycles. The summed E-state index contributed by atoms with van der Waals surface area (Å²) in [5.41, 5.74) is 27.9. The molecule has 4 atom stereocenters. The Labute approximate surface area is 883 Å². The minimum Gasteiger partial charge on any atom is -0.497 e. The first-order valence-electron chi connectivity index (χ1n) is 52.7. The van der Waals surface area contributed by atoms with Crippen molar-refractivity contribution in [1.82, 2.24) is 44.6 Å². The van der Waals surface area contributed by atoms with Crippen LogP contribution >= 0.6 is 11.6 Å². The Kier molecular flexibility index (Phi) is 49.6. The molecule has 32 heteroatoms. The van der Waals surface area contributed by atoms with Crippen molar-refractivity contribution in [2.75, 3.05) is 156 Å².